The van der Waals surface area contributed by atoms with Crippen LogP contribution >= 0.6 is 11.3 Å². The summed E-state index contributed by atoms with van der Waals surface area (Å²) in [5.41, 5.74) is 0. The monoisotopic (exact) mass is 277 g/mol. The smallest absolute Gasteiger partial charge is 0.140 e. The summed E-state index contributed by atoms with van der Waals surface area (Å²) in [6, 6.07) is 2.10. The van der Waals surface area contributed by atoms with E-state index in [9.17, 15) is 5.11 Å². The molecule has 0 atom stereocenters. The lowest BCUT2D eigenvalue weighted by Crippen LogP contribution is -2.37. The van der Waals surface area contributed by atoms with Crippen molar-refractivity contribution in [2.75, 3.05) is 18.5 Å². The van der Waals surface area contributed by atoms with Gasteiger partial charge in [0.05, 0.1) is 11.5 Å². The number of aliphatic hydroxyl groups excluding tert-OH is 1. The number of aromatic nitrogens is 2. The van der Waals surface area contributed by atoms with Crippen LogP contribution in [0.3, 0.4) is 0 Å². The summed E-state index contributed by atoms with van der Waals surface area (Å²) in [6.07, 6.45) is 2.61. The second kappa shape index (κ2) is 5.06. The van der Waals surface area contributed by atoms with E-state index in [0.29, 0.717) is 5.92 Å². The van der Waals surface area contributed by atoms with Crippen LogP contribution in [0.25, 0.3) is 10.2 Å². The van der Waals surface area contributed by atoms with Gasteiger partial charge in [0.25, 0.3) is 0 Å². The van der Waals surface area contributed by atoms with E-state index in [1.807, 2.05) is 0 Å². The van der Waals surface area contributed by atoms with Crippen LogP contribution in [0.5, 0.6) is 0 Å². The number of aliphatic hydroxyl groups is 1. The number of rotatable bonds is 4. The molecule has 0 aromatic carbocycles. The molecular weight excluding hydrogens is 258 g/mol. The second-order valence-electron chi connectivity index (χ2n) is 5.33. The first-order chi connectivity index (χ1) is 9.17. The number of nitrogens with zero attached hydrogens (tertiary/aromatic N) is 3. The molecule has 2 aromatic rings. The molecule has 102 valence electrons. The topological polar surface area (TPSA) is 49.2 Å². The predicted molar refractivity (Wildman–Crippen MR) is 78.8 cm³/mol. The zero-order chi connectivity index (χ0) is 13.4. The number of hydrogen-bond donors (Lipinski definition) is 1. The fourth-order valence-corrected chi connectivity index (χ4v) is 3.43. The van der Waals surface area contributed by atoms with Crippen molar-refractivity contribution in [3.8, 4) is 0 Å². The molecule has 1 N–H and O–H groups in total. The molecule has 1 aliphatic carbocycles. The van der Waals surface area contributed by atoms with E-state index in [1.165, 1.54) is 0 Å². The zero-order valence-corrected chi connectivity index (χ0v) is 12.2. The summed E-state index contributed by atoms with van der Waals surface area (Å²) in [5, 5.41) is 12.6. The molecule has 0 amide bonds. The van der Waals surface area contributed by atoms with Crippen molar-refractivity contribution < 1.29 is 5.11 Å². The molecule has 2 aromatic heterocycles. The highest BCUT2D eigenvalue weighted by molar-refractivity contribution is 7.16. The van der Waals surface area contributed by atoms with Crippen molar-refractivity contribution in [3.63, 3.8) is 0 Å². The number of thiophene rings is 1. The predicted octanol–water partition coefficient (Wildman–Crippen LogP) is 2.46. The first-order valence-electron chi connectivity index (χ1n) is 6.80. The Kier molecular flexibility index (Phi) is 3.41. The van der Waals surface area contributed by atoms with Crippen LogP contribution in [-0.4, -0.2) is 34.8 Å². The van der Waals surface area contributed by atoms with Gasteiger partial charge in [-0.2, -0.15) is 0 Å². The van der Waals surface area contributed by atoms with Gasteiger partial charge in [-0.05, 0) is 30.2 Å². The fraction of sp³-hybridized carbons (Fsp3) is 0.571. The van der Waals surface area contributed by atoms with E-state index in [1.54, 1.807) is 11.3 Å². The van der Waals surface area contributed by atoms with Crippen molar-refractivity contribution in [2.45, 2.75) is 32.3 Å². The van der Waals surface area contributed by atoms with Crippen molar-refractivity contribution in [1.82, 2.24) is 9.97 Å². The maximum absolute atomic E-state index is 9.38. The van der Waals surface area contributed by atoms with Crippen LogP contribution in [-0.2, 0) is 6.42 Å². The largest absolute Gasteiger partial charge is 0.393 e. The molecule has 1 saturated carbocycles. The SMILES string of the molecule is CCc1nc(N(C)CC2CC(O)C2)c2ccsc2n1. The Morgan fingerprint density at radius 2 is 2.21 bits per heavy atom. The van der Waals surface area contributed by atoms with Gasteiger partial charge in [-0.15, -0.1) is 11.3 Å². The molecule has 0 aliphatic heterocycles. The Bertz CT molecular complexity index is 577. The van der Waals surface area contributed by atoms with Crippen LogP contribution in [0.1, 0.15) is 25.6 Å². The maximum Gasteiger partial charge on any atom is 0.140 e. The van der Waals surface area contributed by atoms with Crippen molar-refractivity contribution >= 4 is 27.4 Å². The molecule has 19 heavy (non-hydrogen) atoms. The van der Waals surface area contributed by atoms with Gasteiger partial charge in [0, 0.05) is 20.0 Å². The third kappa shape index (κ3) is 2.44. The molecule has 0 radical (unpaired) electrons. The summed E-state index contributed by atoms with van der Waals surface area (Å²) >= 11 is 1.67. The van der Waals surface area contributed by atoms with Gasteiger partial charge in [-0.1, -0.05) is 6.92 Å². The molecule has 3 rings (SSSR count). The number of aryl methyl sites for hydroxylation is 1. The normalized spacial score (nSPS) is 22.5. The fourth-order valence-electron chi connectivity index (χ4n) is 2.66. The Labute approximate surface area is 117 Å². The molecule has 5 heteroatoms. The highest BCUT2D eigenvalue weighted by atomic mass is 32.1. The summed E-state index contributed by atoms with van der Waals surface area (Å²) in [4.78, 5) is 12.5. The van der Waals surface area contributed by atoms with E-state index in [0.717, 1.165) is 47.7 Å². The van der Waals surface area contributed by atoms with Gasteiger partial charge in [-0.25, -0.2) is 9.97 Å². The van der Waals surface area contributed by atoms with E-state index in [2.05, 4.69) is 40.3 Å². The van der Waals surface area contributed by atoms with E-state index in [4.69, 9.17) is 0 Å². The Balaban J connectivity index is 1.87. The summed E-state index contributed by atoms with van der Waals surface area (Å²) in [5.74, 6) is 2.53. The van der Waals surface area contributed by atoms with Gasteiger partial charge in [0.2, 0.25) is 0 Å². The van der Waals surface area contributed by atoms with E-state index < -0.39 is 0 Å². The van der Waals surface area contributed by atoms with Crippen molar-refractivity contribution in [2.24, 2.45) is 5.92 Å². The molecule has 0 unspecified atom stereocenters. The third-order valence-electron chi connectivity index (χ3n) is 3.77. The number of anilines is 1. The molecule has 0 spiro atoms. The summed E-state index contributed by atoms with van der Waals surface area (Å²) in [6.45, 7) is 3.04. The highest BCUT2D eigenvalue weighted by Gasteiger charge is 2.28. The van der Waals surface area contributed by atoms with Crippen LogP contribution < -0.4 is 4.90 Å². The molecular formula is C14H19N3OS. The molecule has 4 nitrogen and oxygen atoms in total. The first-order valence-corrected chi connectivity index (χ1v) is 7.68. The quantitative estimate of drug-likeness (QED) is 0.932. The summed E-state index contributed by atoms with van der Waals surface area (Å²) < 4.78 is 0. The third-order valence-corrected chi connectivity index (χ3v) is 4.58. The lowest BCUT2D eigenvalue weighted by atomic mass is 9.82. The lowest BCUT2D eigenvalue weighted by Gasteiger charge is -2.35. The highest BCUT2D eigenvalue weighted by Crippen LogP contribution is 2.32. The zero-order valence-electron chi connectivity index (χ0n) is 11.3. The minimum absolute atomic E-state index is 0.0869. The minimum Gasteiger partial charge on any atom is -0.393 e. The van der Waals surface area contributed by atoms with Crippen molar-refractivity contribution in [3.05, 3.63) is 17.3 Å². The van der Waals surface area contributed by atoms with Gasteiger partial charge in [0.15, 0.2) is 0 Å². The maximum atomic E-state index is 9.38. The van der Waals surface area contributed by atoms with Crippen LogP contribution in [0.15, 0.2) is 11.4 Å². The van der Waals surface area contributed by atoms with Crippen LogP contribution in [0, 0.1) is 5.92 Å². The average Bonchev–Trinajstić information content (AvgIpc) is 2.83. The molecule has 1 fully saturated rings. The second-order valence-corrected chi connectivity index (χ2v) is 6.22. The van der Waals surface area contributed by atoms with E-state index >= 15 is 0 Å². The lowest BCUT2D eigenvalue weighted by molar-refractivity contribution is 0.0464. The Morgan fingerprint density at radius 1 is 1.42 bits per heavy atom. The Morgan fingerprint density at radius 3 is 2.89 bits per heavy atom. The minimum atomic E-state index is -0.0869. The molecule has 1 aliphatic rings. The molecule has 0 saturated heterocycles. The summed E-state index contributed by atoms with van der Waals surface area (Å²) in [7, 11) is 2.09. The molecule has 0 bridgehead atoms. The molecule has 2 heterocycles. The van der Waals surface area contributed by atoms with Crippen LogP contribution in [0.4, 0.5) is 5.82 Å². The van der Waals surface area contributed by atoms with Gasteiger partial charge < -0.3 is 10.0 Å². The average molecular weight is 277 g/mol. The van der Waals surface area contributed by atoms with Gasteiger partial charge in [0.1, 0.15) is 16.5 Å². The van der Waals surface area contributed by atoms with Gasteiger partial charge in [-0.3, -0.25) is 0 Å². The first kappa shape index (κ1) is 12.8. The standard InChI is InChI=1S/C14H19N3OS/c1-3-12-15-13(11-4-5-19-14(11)16-12)17(2)8-9-6-10(18)7-9/h4-5,9-10,18H,3,6-8H2,1-2H3. The number of hydrogen-bond acceptors (Lipinski definition) is 5. The van der Waals surface area contributed by atoms with E-state index in [-0.39, 0.29) is 6.10 Å². The Hall–Kier alpha value is -1.20. The number of fused-ring (bicyclic) bond motifs is 1. The van der Waals surface area contributed by atoms with Crippen LogP contribution in [0.2, 0.25) is 0 Å². The van der Waals surface area contributed by atoms with Gasteiger partial charge >= 0.3 is 0 Å². The van der Waals surface area contributed by atoms with Crippen molar-refractivity contribution in [1.29, 1.82) is 0 Å².